The van der Waals surface area contributed by atoms with Crippen molar-refractivity contribution in [3.8, 4) is 0 Å². The summed E-state index contributed by atoms with van der Waals surface area (Å²) in [6.45, 7) is 7.97. The minimum Gasteiger partial charge on any atom is -0.340 e. The van der Waals surface area contributed by atoms with Crippen molar-refractivity contribution in [2.45, 2.75) is 26.2 Å². The van der Waals surface area contributed by atoms with Crippen LogP contribution in [0.1, 0.15) is 31.1 Å². The molecule has 1 atom stereocenters. The molecule has 0 aliphatic carbocycles. The largest absolute Gasteiger partial charge is 0.340 e. The first-order chi connectivity index (χ1) is 8.68. The number of nitrogens with zero attached hydrogens (tertiary/aromatic N) is 1. The van der Waals surface area contributed by atoms with Gasteiger partial charge < -0.3 is 10.2 Å². The van der Waals surface area contributed by atoms with Crippen LogP contribution in [0.15, 0.2) is 17.5 Å². The number of carbonyl (C=O) groups is 1. The van der Waals surface area contributed by atoms with E-state index in [1.54, 1.807) is 11.3 Å². The van der Waals surface area contributed by atoms with Gasteiger partial charge in [0, 0.05) is 43.4 Å². The number of nitrogens with one attached hydrogen (secondary N) is 1. The second-order valence-corrected chi connectivity index (χ2v) is 6.18. The lowest BCUT2D eigenvalue weighted by Crippen LogP contribution is -2.46. The average molecular weight is 266 g/mol. The number of rotatable bonds is 4. The summed E-state index contributed by atoms with van der Waals surface area (Å²) < 4.78 is 0. The van der Waals surface area contributed by atoms with E-state index in [4.69, 9.17) is 0 Å². The maximum atomic E-state index is 12.3. The summed E-state index contributed by atoms with van der Waals surface area (Å²) in [5.74, 6) is 1.19. The molecule has 1 fully saturated rings. The zero-order valence-electron chi connectivity index (χ0n) is 11.2. The van der Waals surface area contributed by atoms with Gasteiger partial charge in [0.2, 0.25) is 5.91 Å². The molecule has 4 heteroatoms. The van der Waals surface area contributed by atoms with Gasteiger partial charge in [-0.1, -0.05) is 19.9 Å². The molecule has 1 aromatic rings. The van der Waals surface area contributed by atoms with E-state index >= 15 is 0 Å². The maximum Gasteiger partial charge on any atom is 0.223 e. The summed E-state index contributed by atoms with van der Waals surface area (Å²) >= 11 is 1.76. The molecule has 3 nitrogen and oxygen atoms in total. The molecule has 0 saturated carbocycles. The van der Waals surface area contributed by atoms with Crippen molar-refractivity contribution in [2.75, 3.05) is 26.2 Å². The third-order valence-electron chi connectivity index (χ3n) is 3.58. The van der Waals surface area contributed by atoms with E-state index in [9.17, 15) is 4.79 Å². The van der Waals surface area contributed by atoms with Crippen LogP contribution in [0.3, 0.4) is 0 Å². The lowest BCUT2D eigenvalue weighted by atomic mass is 9.90. The van der Waals surface area contributed by atoms with Gasteiger partial charge in [-0.05, 0) is 17.4 Å². The van der Waals surface area contributed by atoms with Crippen molar-refractivity contribution in [2.24, 2.45) is 5.92 Å². The molecule has 2 heterocycles. The molecule has 100 valence electrons. The van der Waals surface area contributed by atoms with Gasteiger partial charge in [0.25, 0.3) is 0 Å². The van der Waals surface area contributed by atoms with Crippen LogP contribution in [0.25, 0.3) is 0 Å². The zero-order chi connectivity index (χ0) is 13.0. The third-order valence-corrected chi connectivity index (χ3v) is 4.58. The lowest BCUT2D eigenvalue weighted by molar-refractivity contribution is -0.132. The highest BCUT2D eigenvalue weighted by Crippen LogP contribution is 2.31. The van der Waals surface area contributed by atoms with Crippen molar-refractivity contribution in [1.82, 2.24) is 10.2 Å². The highest BCUT2D eigenvalue weighted by atomic mass is 32.1. The summed E-state index contributed by atoms with van der Waals surface area (Å²) in [5, 5.41) is 5.38. The fraction of sp³-hybridized carbons (Fsp3) is 0.643. The van der Waals surface area contributed by atoms with Crippen LogP contribution >= 0.6 is 11.3 Å². The smallest absolute Gasteiger partial charge is 0.223 e. The Bertz CT molecular complexity index is 369. The van der Waals surface area contributed by atoms with E-state index in [0.29, 0.717) is 24.2 Å². The normalized spacial score (nSPS) is 18.1. The van der Waals surface area contributed by atoms with Crippen molar-refractivity contribution in [3.05, 3.63) is 22.4 Å². The first kappa shape index (κ1) is 13.6. The predicted octanol–water partition coefficient (Wildman–Crippen LogP) is 2.31. The number of thiophene rings is 1. The molecule has 0 spiro atoms. The number of piperazine rings is 1. The summed E-state index contributed by atoms with van der Waals surface area (Å²) in [5.41, 5.74) is 0. The molecule has 0 aromatic carbocycles. The van der Waals surface area contributed by atoms with Crippen LogP contribution < -0.4 is 5.32 Å². The summed E-state index contributed by atoms with van der Waals surface area (Å²) in [7, 11) is 0. The fourth-order valence-electron chi connectivity index (χ4n) is 2.40. The standard InChI is InChI=1S/C14H22N2OS/c1-11(2)12(13-4-3-9-18-13)10-14(17)16-7-5-15-6-8-16/h3-4,9,11-12,15H,5-8,10H2,1-2H3. The first-order valence-corrected chi connectivity index (χ1v) is 7.58. The van der Waals surface area contributed by atoms with Crippen molar-refractivity contribution in [1.29, 1.82) is 0 Å². The van der Waals surface area contributed by atoms with Crippen LogP contribution in [0.2, 0.25) is 0 Å². The Hall–Kier alpha value is -0.870. The molecule has 1 amide bonds. The van der Waals surface area contributed by atoms with Gasteiger partial charge in [-0.15, -0.1) is 11.3 Å². The quantitative estimate of drug-likeness (QED) is 0.907. The summed E-state index contributed by atoms with van der Waals surface area (Å²) in [4.78, 5) is 15.7. The minimum absolute atomic E-state index is 0.309. The molecular formula is C14H22N2OS. The Morgan fingerprint density at radius 2 is 2.17 bits per heavy atom. The highest BCUT2D eigenvalue weighted by Gasteiger charge is 2.24. The van der Waals surface area contributed by atoms with Crippen LogP contribution in [-0.4, -0.2) is 37.0 Å². The van der Waals surface area contributed by atoms with Crippen molar-refractivity contribution in [3.63, 3.8) is 0 Å². The topological polar surface area (TPSA) is 32.3 Å². The molecule has 1 saturated heterocycles. The Balaban J connectivity index is 1.98. The SMILES string of the molecule is CC(C)C(CC(=O)N1CCNCC1)c1cccs1. The molecule has 0 bridgehead atoms. The second-order valence-electron chi connectivity index (χ2n) is 5.20. The Morgan fingerprint density at radius 3 is 2.72 bits per heavy atom. The maximum absolute atomic E-state index is 12.3. The monoisotopic (exact) mass is 266 g/mol. The van der Waals surface area contributed by atoms with Crippen molar-refractivity contribution >= 4 is 17.2 Å². The van der Waals surface area contributed by atoms with Gasteiger partial charge in [0.1, 0.15) is 0 Å². The Morgan fingerprint density at radius 1 is 1.44 bits per heavy atom. The van der Waals surface area contributed by atoms with E-state index in [1.165, 1.54) is 4.88 Å². The molecule has 1 aliphatic heterocycles. The number of hydrogen-bond donors (Lipinski definition) is 1. The molecular weight excluding hydrogens is 244 g/mol. The van der Waals surface area contributed by atoms with E-state index in [-0.39, 0.29) is 0 Å². The van der Waals surface area contributed by atoms with Gasteiger partial charge in [-0.3, -0.25) is 4.79 Å². The van der Waals surface area contributed by atoms with Gasteiger partial charge in [-0.25, -0.2) is 0 Å². The number of hydrogen-bond acceptors (Lipinski definition) is 3. The van der Waals surface area contributed by atoms with Crippen LogP contribution in [-0.2, 0) is 4.79 Å². The lowest BCUT2D eigenvalue weighted by Gasteiger charge is -2.29. The summed E-state index contributed by atoms with van der Waals surface area (Å²) in [6, 6.07) is 4.23. The molecule has 18 heavy (non-hydrogen) atoms. The fourth-order valence-corrected chi connectivity index (χ4v) is 3.40. The first-order valence-electron chi connectivity index (χ1n) is 6.70. The molecule has 2 rings (SSSR count). The van der Waals surface area contributed by atoms with Gasteiger partial charge in [-0.2, -0.15) is 0 Å². The van der Waals surface area contributed by atoms with E-state index < -0.39 is 0 Å². The van der Waals surface area contributed by atoms with E-state index in [1.807, 2.05) is 4.90 Å². The van der Waals surface area contributed by atoms with E-state index in [0.717, 1.165) is 26.2 Å². The molecule has 0 radical (unpaired) electrons. The average Bonchev–Trinajstić information content (AvgIpc) is 2.90. The van der Waals surface area contributed by atoms with Gasteiger partial charge in [0.15, 0.2) is 0 Å². The molecule has 1 unspecified atom stereocenters. The van der Waals surface area contributed by atoms with Gasteiger partial charge in [0.05, 0.1) is 0 Å². The molecule has 1 aliphatic rings. The van der Waals surface area contributed by atoms with Crippen LogP contribution in [0.5, 0.6) is 0 Å². The minimum atomic E-state index is 0.309. The number of carbonyl (C=O) groups excluding carboxylic acids is 1. The number of amides is 1. The van der Waals surface area contributed by atoms with E-state index in [2.05, 4.69) is 36.7 Å². The van der Waals surface area contributed by atoms with Crippen molar-refractivity contribution < 1.29 is 4.79 Å². The van der Waals surface area contributed by atoms with Crippen LogP contribution in [0.4, 0.5) is 0 Å². The third kappa shape index (κ3) is 3.33. The Kier molecular flexibility index (Phi) is 4.78. The Labute approximate surface area is 113 Å². The zero-order valence-corrected chi connectivity index (χ0v) is 12.0. The predicted molar refractivity (Wildman–Crippen MR) is 76.0 cm³/mol. The highest BCUT2D eigenvalue weighted by molar-refractivity contribution is 7.10. The second kappa shape index (κ2) is 6.34. The summed E-state index contributed by atoms with van der Waals surface area (Å²) in [6.07, 6.45) is 0.651. The molecule has 1 N–H and O–H groups in total. The van der Waals surface area contributed by atoms with Crippen LogP contribution in [0, 0.1) is 5.92 Å². The van der Waals surface area contributed by atoms with Gasteiger partial charge >= 0.3 is 0 Å². The molecule has 1 aromatic heterocycles.